The van der Waals surface area contributed by atoms with E-state index >= 15 is 0 Å². The fraction of sp³-hybridized carbons (Fsp3) is 0.923. The van der Waals surface area contributed by atoms with Crippen molar-refractivity contribution in [2.45, 2.75) is 148 Å². The summed E-state index contributed by atoms with van der Waals surface area (Å²) in [5.41, 5.74) is 4.92. The van der Waals surface area contributed by atoms with Crippen LogP contribution in [0.1, 0.15) is 115 Å². The Balaban J connectivity index is 3.44. The van der Waals surface area contributed by atoms with Crippen LogP contribution < -0.4 is 0 Å². The summed E-state index contributed by atoms with van der Waals surface area (Å²) < 4.78 is 0. The van der Waals surface area contributed by atoms with Gasteiger partial charge in [-0.3, -0.25) is 0 Å². The topological polar surface area (TPSA) is 0 Å². The van der Waals surface area contributed by atoms with Crippen LogP contribution in [-0.4, -0.2) is 14.4 Å². The van der Waals surface area contributed by atoms with Crippen LogP contribution in [0.15, 0.2) is 10.3 Å². The summed E-state index contributed by atoms with van der Waals surface area (Å²) >= 11 is 4.79. The summed E-state index contributed by atoms with van der Waals surface area (Å²) in [5, 5.41) is 2.77. The summed E-state index contributed by atoms with van der Waals surface area (Å²) in [6.45, 7) is 30.2. The molecule has 0 aliphatic heterocycles. The molecule has 0 aromatic heterocycles. The molecule has 0 bridgehead atoms. The van der Waals surface area contributed by atoms with Gasteiger partial charge in [0.15, 0.2) is 0 Å². The average Bonchev–Trinajstić information content (AvgIpc) is 2.63. The summed E-state index contributed by atoms with van der Waals surface area (Å²) in [7, 11) is -2.97. The van der Waals surface area contributed by atoms with E-state index in [1.165, 1.54) is 32.1 Å². The predicted molar refractivity (Wildman–Crippen MR) is 152 cm³/mol. The molecule has 1 saturated carbocycles. The van der Waals surface area contributed by atoms with Crippen molar-refractivity contribution in [3.8, 4) is 0 Å². The minimum atomic E-state index is -1.50. The summed E-state index contributed by atoms with van der Waals surface area (Å²) in [6, 6.07) is 0. The van der Waals surface area contributed by atoms with Gasteiger partial charge in [-0.25, -0.2) is 0 Å². The van der Waals surface area contributed by atoms with Gasteiger partial charge in [0.05, 0.1) is 0 Å². The molecule has 0 radical (unpaired) electrons. The third-order valence-electron chi connectivity index (χ3n) is 8.10. The standard InChI is InChI=1S/C26H54S2Si2/c1-19(2)29(20(3)4,21(5)6)27-18-26(25-16-14-13-15-17-25)28-30(22(7)8,23(9)10)24(11)12/h18-25H,13-17H2,1-12H3. The molecule has 178 valence electrons. The Labute approximate surface area is 200 Å². The van der Waals surface area contributed by atoms with Gasteiger partial charge in [-0.05, 0) is 62.3 Å². The Kier molecular flexibility index (Phi) is 11.9. The zero-order chi connectivity index (χ0) is 23.3. The molecular formula is C26H54S2Si2. The van der Waals surface area contributed by atoms with Gasteiger partial charge in [0.1, 0.15) is 14.4 Å². The second-order valence-electron chi connectivity index (χ2n) is 11.7. The highest BCUT2D eigenvalue weighted by Crippen LogP contribution is 2.56. The van der Waals surface area contributed by atoms with Gasteiger partial charge in [0.2, 0.25) is 0 Å². The highest BCUT2D eigenvalue weighted by atomic mass is 32.4. The van der Waals surface area contributed by atoms with Crippen LogP contribution in [0, 0.1) is 5.92 Å². The molecule has 0 N–H and O–H groups in total. The van der Waals surface area contributed by atoms with Crippen LogP contribution in [0.3, 0.4) is 0 Å². The van der Waals surface area contributed by atoms with E-state index in [1.807, 2.05) is 0 Å². The van der Waals surface area contributed by atoms with E-state index < -0.39 is 14.4 Å². The minimum Gasteiger partial charge on any atom is -0.157 e. The molecule has 1 aliphatic carbocycles. The first kappa shape index (κ1) is 28.9. The largest absolute Gasteiger partial charge is 0.157 e. The van der Waals surface area contributed by atoms with Crippen molar-refractivity contribution in [1.82, 2.24) is 0 Å². The second kappa shape index (κ2) is 12.4. The van der Waals surface area contributed by atoms with Crippen molar-refractivity contribution in [3.63, 3.8) is 0 Å². The number of hydrogen-bond acceptors (Lipinski definition) is 2. The van der Waals surface area contributed by atoms with Gasteiger partial charge >= 0.3 is 0 Å². The zero-order valence-electron chi connectivity index (χ0n) is 22.5. The van der Waals surface area contributed by atoms with Gasteiger partial charge in [-0.15, -0.1) is 0 Å². The normalized spacial score (nSPS) is 18.1. The monoisotopic (exact) mass is 486 g/mol. The van der Waals surface area contributed by atoms with E-state index in [-0.39, 0.29) is 0 Å². The van der Waals surface area contributed by atoms with Crippen LogP contribution in [0.4, 0.5) is 0 Å². The Bertz CT molecular complexity index is 486. The maximum Gasteiger partial charge on any atom is 0.130 e. The molecule has 0 atom stereocenters. The molecule has 0 amide bonds. The third-order valence-corrected chi connectivity index (χ3v) is 32.7. The number of rotatable bonds is 11. The molecule has 1 rings (SSSR count). The van der Waals surface area contributed by atoms with E-state index in [0.29, 0.717) is 0 Å². The SMILES string of the molecule is CC(C)[Si](SC=C(S[Si](C(C)C)(C(C)C)C(C)C)C1CCCCC1)(C(C)C)C(C)C. The van der Waals surface area contributed by atoms with E-state index in [1.54, 1.807) is 4.91 Å². The molecular weight excluding hydrogens is 433 g/mol. The van der Waals surface area contributed by atoms with E-state index in [0.717, 1.165) is 39.2 Å². The molecule has 0 aromatic carbocycles. The first-order valence-electron chi connectivity index (χ1n) is 12.9. The van der Waals surface area contributed by atoms with Crippen LogP contribution in [0.2, 0.25) is 33.2 Å². The minimum absolute atomic E-state index is 0.818. The third kappa shape index (κ3) is 6.26. The lowest BCUT2D eigenvalue weighted by Crippen LogP contribution is -2.42. The van der Waals surface area contributed by atoms with Gasteiger partial charge < -0.3 is 0 Å². The lowest BCUT2D eigenvalue weighted by molar-refractivity contribution is 0.415. The fourth-order valence-corrected chi connectivity index (χ4v) is 25.9. The van der Waals surface area contributed by atoms with Crippen LogP contribution in [0.25, 0.3) is 0 Å². The van der Waals surface area contributed by atoms with Crippen molar-refractivity contribution >= 4 is 36.9 Å². The molecule has 1 aliphatic rings. The summed E-state index contributed by atoms with van der Waals surface area (Å²) in [4.78, 5) is 1.81. The Hall–Kier alpha value is 0.874. The number of hydrogen-bond donors (Lipinski definition) is 0. The van der Waals surface area contributed by atoms with E-state index in [4.69, 9.17) is 0 Å². The maximum atomic E-state index is 2.77. The molecule has 0 nitrogen and oxygen atoms in total. The predicted octanol–water partition coefficient (Wildman–Crippen LogP) is 11.2. The first-order valence-corrected chi connectivity index (χ1v) is 20.5. The zero-order valence-corrected chi connectivity index (χ0v) is 26.1. The Morgan fingerprint density at radius 3 is 1.30 bits per heavy atom. The Morgan fingerprint density at radius 2 is 0.967 bits per heavy atom. The quantitative estimate of drug-likeness (QED) is 0.266. The highest BCUT2D eigenvalue weighted by molar-refractivity contribution is 8.34. The van der Waals surface area contributed by atoms with Crippen LogP contribution >= 0.6 is 22.4 Å². The van der Waals surface area contributed by atoms with Gasteiger partial charge in [-0.1, -0.05) is 102 Å². The molecule has 0 unspecified atom stereocenters. The molecule has 1 fully saturated rings. The lowest BCUT2D eigenvalue weighted by Gasteiger charge is -2.45. The van der Waals surface area contributed by atoms with Crippen molar-refractivity contribution in [2.75, 3.05) is 0 Å². The smallest absolute Gasteiger partial charge is 0.130 e. The molecule has 0 saturated heterocycles. The van der Waals surface area contributed by atoms with Gasteiger partial charge in [0, 0.05) is 0 Å². The first-order chi connectivity index (χ1) is 13.8. The van der Waals surface area contributed by atoms with Crippen LogP contribution in [-0.2, 0) is 0 Å². The van der Waals surface area contributed by atoms with E-state index in [2.05, 4.69) is 111 Å². The van der Waals surface area contributed by atoms with Crippen LogP contribution in [0.5, 0.6) is 0 Å². The van der Waals surface area contributed by atoms with Crippen molar-refractivity contribution in [1.29, 1.82) is 0 Å². The fourth-order valence-electron chi connectivity index (χ4n) is 6.72. The Morgan fingerprint density at radius 1 is 0.600 bits per heavy atom. The second-order valence-corrected chi connectivity index (χ2v) is 28.8. The molecule has 30 heavy (non-hydrogen) atoms. The maximum absolute atomic E-state index is 2.77. The highest BCUT2D eigenvalue weighted by Gasteiger charge is 2.46. The van der Waals surface area contributed by atoms with E-state index in [9.17, 15) is 0 Å². The van der Waals surface area contributed by atoms with Crippen molar-refractivity contribution < 1.29 is 0 Å². The van der Waals surface area contributed by atoms with Gasteiger partial charge in [-0.2, -0.15) is 22.4 Å². The summed E-state index contributed by atoms with van der Waals surface area (Å²) in [5.74, 6) is 0.831. The molecule has 0 aromatic rings. The lowest BCUT2D eigenvalue weighted by atomic mass is 9.89. The molecule has 0 heterocycles. The average molecular weight is 487 g/mol. The van der Waals surface area contributed by atoms with Crippen molar-refractivity contribution in [3.05, 3.63) is 10.3 Å². The molecule has 0 spiro atoms. The van der Waals surface area contributed by atoms with Crippen molar-refractivity contribution in [2.24, 2.45) is 5.92 Å². The number of allylic oxidation sites excluding steroid dienone is 1. The van der Waals surface area contributed by atoms with Gasteiger partial charge in [0.25, 0.3) is 0 Å². The molecule has 4 heteroatoms. The summed E-state index contributed by atoms with van der Waals surface area (Å²) in [6.07, 6.45) is 7.18.